The van der Waals surface area contributed by atoms with E-state index < -0.39 is 0 Å². The number of amides is 1. The van der Waals surface area contributed by atoms with E-state index in [9.17, 15) is 4.79 Å². The van der Waals surface area contributed by atoms with Crippen molar-refractivity contribution in [1.29, 1.82) is 0 Å². The molecular formula is C19H18N4O3S. The van der Waals surface area contributed by atoms with Gasteiger partial charge in [0, 0.05) is 24.2 Å². The Bertz CT molecular complexity index is 1010. The minimum Gasteiger partial charge on any atom is -0.454 e. The van der Waals surface area contributed by atoms with Crippen LogP contribution in [-0.4, -0.2) is 35.0 Å². The number of nitrogens with zero attached hydrogens (tertiary/aromatic N) is 2. The van der Waals surface area contributed by atoms with E-state index in [2.05, 4.69) is 20.6 Å². The molecule has 1 atom stereocenters. The summed E-state index contributed by atoms with van der Waals surface area (Å²) in [5.74, 6) is 1.91. The molecule has 7 nitrogen and oxygen atoms in total. The Morgan fingerprint density at radius 1 is 1.15 bits per heavy atom. The number of thioether (sulfide) groups is 1. The van der Waals surface area contributed by atoms with Gasteiger partial charge in [-0.25, -0.2) is 9.97 Å². The number of rotatable bonds is 5. The number of hydrogen-bond acceptors (Lipinski definition) is 7. The molecule has 1 aromatic heterocycles. The summed E-state index contributed by atoms with van der Waals surface area (Å²) in [5, 5.41) is 7.10. The summed E-state index contributed by atoms with van der Waals surface area (Å²) in [6.45, 7) is 2.02. The molecule has 0 saturated heterocycles. The van der Waals surface area contributed by atoms with Gasteiger partial charge in [0.05, 0.1) is 10.8 Å². The van der Waals surface area contributed by atoms with Crippen molar-refractivity contribution >= 4 is 40.1 Å². The van der Waals surface area contributed by atoms with Crippen molar-refractivity contribution in [2.75, 3.05) is 24.5 Å². The molecule has 0 saturated carbocycles. The Morgan fingerprint density at radius 3 is 2.81 bits per heavy atom. The number of benzene rings is 2. The third-order valence-electron chi connectivity index (χ3n) is 4.11. The van der Waals surface area contributed by atoms with E-state index in [1.165, 1.54) is 11.8 Å². The molecule has 138 valence electrons. The van der Waals surface area contributed by atoms with Crippen LogP contribution in [0, 0.1) is 0 Å². The lowest BCUT2D eigenvalue weighted by Crippen LogP contribution is -2.22. The fourth-order valence-corrected chi connectivity index (χ4v) is 3.51. The number of para-hydroxylation sites is 1. The molecule has 0 unspecified atom stereocenters. The molecular weight excluding hydrogens is 364 g/mol. The van der Waals surface area contributed by atoms with E-state index in [-0.39, 0.29) is 18.0 Å². The molecule has 1 aliphatic heterocycles. The van der Waals surface area contributed by atoms with Gasteiger partial charge >= 0.3 is 0 Å². The van der Waals surface area contributed by atoms with Crippen LogP contribution >= 0.6 is 11.8 Å². The quantitative estimate of drug-likeness (QED) is 0.516. The van der Waals surface area contributed by atoms with Crippen LogP contribution in [0.15, 0.2) is 47.6 Å². The summed E-state index contributed by atoms with van der Waals surface area (Å²) < 4.78 is 10.6. The summed E-state index contributed by atoms with van der Waals surface area (Å²) in [7, 11) is 1.82. The van der Waals surface area contributed by atoms with Crippen LogP contribution in [-0.2, 0) is 4.79 Å². The number of hydrogen-bond donors (Lipinski definition) is 2. The average molecular weight is 382 g/mol. The van der Waals surface area contributed by atoms with Gasteiger partial charge in [0.15, 0.2) is 16.7 Å². The number of ether oxygens (including phenoxy) is 2. The van der Waals surface area contributed by atoms with Crippen molar-refractivity contribution < 1.29 is 14.3 Å². The van der Waals surface area contributed by atoms with E-state index >= 15 is 0 Å². The average Bonchev–Trinajstić information content (AvgIpc) is 3.15. The largest absolute Gasteiger partial charge is 0.454 e. The lowest BCUT2D eigenvalue weighted by atomic mass is 10.2. The zero-order valence-electron chi connectivity index (χ0n) is 14.9. The van der Waals surface area contributed by atoms with Crippen LogP contribution in [0.5, 0.6) is 11.5 Å². The zero-order valence-corrected chi connectivity index (χ0v) is 15.7. The van der Waals surface area contributed by atoms with Crippen LogP contribution in [0.1, 0.15) is 6.92 Å². The highest BCUT2D eigenvalue weighted by Gasteiger charge is 2.19. The molecule has 0 fully saturated rings. The van der Waals surface area contributed by atoms with Crippen LogP contribution in [0.2, 0.25) is 0 Å². The van der Waals surface area contributed by atoms with Crippen LogP contribution in [0.25, 0.3) is 10.9 Å². The maximum absolute atomic E-state index is 12.6. The number of anilines is 2. The molecule has 27 heavy (non-hydrogen) atoms. The van der Waals surface area contributed by atoms with Gasteiger partial charge < -0.3 is 20.1 Å². The second-order valence-electron chi connectivity index (χ2n) is 5.94. The summed E-state index contributed by atoms with van der Waals surface area (Å²) in [4.78, 5) is 21.6. The highest BCUT2D eigenvalue weighted by atomic mass is 32.2. The van der Waals surface area contributed by atoms with Crippen molar-refractivity contribution in [3.63, 3.8) is 0 Å². The van der Waals surface area contributed by atoms with Gasteiger partial charge in [0.2, 0.25) is 12.7 Å². The predicted molar refractivity (Wildman–Crippen MR) is 106 cm³/mol. The molecule has 0 spiro atoms. The van der Waals surface area contributed by atoms with Crippen molar-refractivity contribution in [3.05, 3.63) is 42.5 Å². The number of carbonyl (C=O) groups is 1. The second kappa shape index (κ2) is 7.32. The molecule has 2 heterocycles. The van der Waals surface area contributed by atoms with E-state index in [1.807, 2.05) is 38.2 Å². The minimum absolute atomic E-state index is 0.137. The van der Waals surface area contributed by atoms with Gasteiger partial charge in [-0.1, -0.05) is 23.9 Å². The monoisotopic (exact) mass is 382 g/mol. The maximum Gasteiger partial charge on any atom is 0.237 e. The molecule has 4 rings (SSSR count). The van der Waals surface area contributed by atoms with Crippen molar-refractivity contribution in [2.24, 2.45) is 0 Å². The fraction of sp³-hybridized carbons (Fsp3) is 0.211. The summed E-state index contributed by atoms with van der Waals surface area (Å²) >= 11 is 1.31. The van der Waals surface area contributed by atoms with Gasteiger partial charge in [0.1, 0.15) is 5.82 Å². The van der Waals surface area contributed by atoms with Crippen molar-refractivity contribution in [1.82, 2.24) is 9.97 Å². The Kier molecular flexibility index (Phi) is 4.72. The number of carbonyl (C=O) groups excluding carboxylic acids is 1. The van der Waals surface area contributed by atoms with E-state index in [1.54, 1.807) is 18.2 Å². The van der Waals surface area contributed by atoms with E-state index in [0.29, 0.717) is 22.3 Å². The first-order chi connectivity index (χ1) is 13.1. The summed E-state index contributed by atoms with van der Waals surface area (Å²) in [6, 6.07) is 13.1. The Hall–Kier alpha value is -3.00. The first-order valence-electron chi connectivity index (χ1n) is 8.46. The highest BCUT2D eigenvalue weighted by Crippen LogP contribution is 2.34. The minimum atomic E-state index is -0.374. The van der Waals surface area contributed by atoms with E-state index in [4.69, 9.17) is 9.47 Å². The molecule has 3 aromatic rings. The normalized spacial score (nSPS) is 13.4. The van der Waals surface area contributed by atoms with Gasteiger partial charge in [0.25, 0.3) is 0 Å². The Balaban J connectivity index is 1.49. The first kappa shape index (κ1) is 17.4. The lowest BCUT2D eigenvalue weighted by molar-refractivity contribution is -0.115. The maximum atomic E-state index is 12.6. The van der Waals surface area contributed by atoms with Gasteiger partial charge in [-0.05, 0) is 31.2 Å². The third-order valence-corrected chi connectivity index (χ3v) is 5.07. The standard InChI is InChI=1S/C19H18N4O3S/c1-11(18(24)21-12-7-8-15-16(9-12)26-10-25-15)27-19-22-14-6-4-3-5-13(14)17(20-2)23-19/h3-9,11H,10H2,1-2H3,(H,21,24)(H,20,22,23)/t11-/m1/s1. The number of fused-ring (bicyclic) bond motifs is 2. The van der Waals surface area contributed by atoms with Gasteiger partial charge in [-0.2, -0.15) is 0 Å². The number of nitrogens with one attached hydrogen (secondary N) is 2. The molecule has 8 heteroatoms. The van der Waals surface area contributed by atoms with Gasteiger partial charge in [-0.15, -0.1) is 0 Å². The SMILES string of the molecule is CNc1nc(S[C@H](C)C(=O)Nc2ccc3c(c2)OCO3)nc2ccccc12. The first-order valence-corrected chi connectivity index (χ1v) is 9.34. The molecule has 2 aromatic carbocycles. The molecule has 1 amide bonds. The predicted octanol–water partition coefficient (Wildman–Crippen LogP) is 3.52. The topological polar surface area (TPSA) is 85.4 Å². The second-order valence-corrected chi connectivity index (χ2v) is 7.25. The third kappa shape index (κ3) is 3.61. The molecule has 0 radical (unpaired) electrons. The smallest absolute Gasteiger partial charge is 0.237 e. The molecule has 2 N–H and O–H groups in total. The Labute approximate surface area is 160 Å². The summed E-state index contributed by atoms with van der Waals surface area (Å²) in [5.41, 5.74) is 1.50. The van der Waals surface area contributed by atoms with E-state index in [0.717, 1.165) is 16.7 Å². The van der Waals surface area contributed by atoms with Crippen LogP contribution in [0.3, 0.4) is 0 Å². The Morgan fingerprint density at radius 2 is 1.96 bits per heavy atom. The summed E-state index contributed by atoms with van der Waals surface area (Å²) in [6.07, 6.45) is 0. The van der Waals surface area contributed by atoms with Gasteiger partial charge in [-0.3, -0.25) is 4.79 Å². The molecule has 0 aliphatic carbocycles. The highest BCUT2D eigenvalue weighted by molar-refractivity contribution is 8.00. The molecule has 1 aliphatic rings. The lowest BCUT2D eigenvalue weighted by Gasteiger charge is -2.13. The van der Waals surface area contributed by atoms with Crippen molar-refractivity contribution in [3.8, 4) is 11.5 Å². The van der Waals surface area contributed by atoms with Crippen LogP contribution in [0.4, 0.5) is 11.5 Å². The van der Waals surface area contributed by atoms with Crippen molar-refractivity contribution in [2.45, 2.75) is 17.3 Å². The number of aromatic nitrogens is 2. The fourth-order valence-electron chi connectivity index (χ4n) is 2.73. The zero-order chi connectivity index (χ0) is 18.8. The van der Waals surface area contributed by atoms with Crippen LogP contribution < -0.4 is 20.1 Å². The molecule has 0 bridgehead atoms.